The summed E-state index contributed by atoms with van der Waals surface area (Å²) >= 11 is 0. The van der Waals surface area contributed by atoms with Gasteiger partial charge in [0.05, 0.1) is 48.1 Å². The Bertz CT molecular complexity index is 3100. The number of nitrogens with zero attached hydrogens (tertiary/aromatic N) is 12. The van der Waals surface area contributed by atoms with E-state index in [2.05, 4.69) is 78.2 Å². The zero-order valence-electron chi connectivity index (χ0n) is 44.8. The molecule has 79 heavy (non-hydrogen) atoms. The Balaban J connectivity index is 0.000000190. The number of hydrogen-bond acceptors (Lipinski definition) is 18. The standard InChI is InChI=1S/C25H28F3N7O3.C22H24F3N7O3.C5H12.V/c1-13(36)16-8-17(21-20(16)37-24(2,3)38-21)35-12-32-19-22(30-11-31-23(19)35)33-15-6-7-34(10-15)18-5-4-14(9-29-18)25(26,27)28;1-11(33)14-6-15(19(35)18(14)34)32-10-29-17-20(27-9-28-21(17)32)30-13-4-5-31(8-13)16-3-2-12(7-26-16)22(23,24)25;1-5(2,3)4;/h4-5,9,11-12,15-17,20-21H,6-8,10H2,1-3H3,(H,30,31,33);2-3,7,9-10,13-15,18-19,34-35H,4-6,8H2,1H3,(H,27,28,30);1-4H3;/t15-,16+,17+,20+,21-;13-,14+,15+,18+,19-;;/m00../s1. The van der Waals surface area contributed by atoms with Crippen molar-refractivity contribution in [2.75, 3.05) is 46.6 Å². The Morgan fingerprint density at radius 1 is 0.620 bits per heavy atom. The number of pyridine rings is 2. The van der Waals surface area contributed by atoms with Gasteiger partial charge in [-0.3, -0.25) is 9.59 Å². The number of carbonyl (C=O) groups excluding carboxylic acids is 2. The molecule has 0 spiro atoms. The number of fused-ring (bicyclic) bond motifs is 3. The number of imidazole rings is 2. The number of anilines is 4. The Morgan fingerprint density at radius 3 is 1.46 bits per heavy atom. The molecule has 2 aliphatic carbocycles. The second-order valence-corrected chi connectivity index (χ2v) is 22.6. The number of halogens is 6. The van der Waals surface area contributed by atoms with Crippen LogP contribution in [0.25, 0.3) is 22.3 Å². The summed E-state index contributed by atoms with van der Waals surface area (Å²) in [5.74, 6) is 0.190. The van der Waals surface area contributed by atoms with Crippen molar-refractivity contribution in [1.29, 1.82) is 0 Å². The van der Waals surface area contributed by atoms with Crippen LogP contribution in [0.3, 0.4) is 0 Å². The SMILES string of the molecule is CC(=O)[C@H]1C[C@@H](n2cnc3c(N[C@H]4CCN(c5ccc(C(F)(F)F)cn5)C4)ncnc32)[C@@H]2OC(C)(C)O[C@@H]21.CC(=O)[C@H]1C[C@@H](n2cnc3c(N[C@H]4CCN(c5ccc(C(F)(F)F)cn5)C4)ncnc32)[C@H](O)[C@@H]1O.CC(C)(C)C.[V]. The first kappa shape index (κ1) is 59.1. The van der Waals surface area contributed by atoms with Crippen LogP contribution < -0.4 is 20.4 Å². The van der Waals surface area contributed by atoms with Gasteiger partial charge in [-0.15, -0.1) is 0 Å². The zero-order chi connectivity index (χ0) is 56.2. The Hall–Kier alpha value is -6.06. The summed E-state index contributed by atoms with van der Waals surface area (Å²) in [6.45, 7) is 17.7. The van der Waals surface area contributed by atoms with Crippen molar-refractivity contribution in [3.8, 4) is 0 Å². The van der Waals surface area contributed by atoms with Gasteiger partial charge in [0.2, 0.25) is 0 Å². The van der Waals surface area contributed by atoms with Crippen LogP contribution >= 0.6 is 0 Å². The minimum Gasteiger partial charge on any atom is -0.390 e. The minimum atomic E-state index is -4.43. The summed E-state index contributed by atoms with van der Waals surface area (Å²) in [6.07, 6.45) is -1.70. The van der Waals surface area contributed by atoms with E-state index in [1.165, 1.54) is 38.0 Å². The average molecular weight is 1150 g/mol. The van der Waals surface area contributed by atoms with Crippen LogP contribution in [0.4, 0.5) is 49.6 Å². The smallest absolute Gasteiger partial charge is 0.390 e. The van der Waals surface area contributed by atoms with Crippen LogP contribution in [0.1, 0.15) is 104 Å². The molecule has 6 aromatic rings. The Labute approximate surface area is 463 Å². The van der Waals surface area contributed by atoms with Crippen LogP contribution in [-0.2, 0) is 50.0 Å². The van der Waals surface area contributed by atoms with Crippen molar-refractivity contribution in [1.82, 2.24) is 49.0 Å². The largest absolute Gasteiger partial charge is 0.417 e. The number of nitrogens with one attached hydrogen (secondary N) is 2. The normalized spacial score (nSPS) is 26.5. The number of carbonyl (C=O) groups is 2. The van der Waals surface area contributed by atoms with Crippen molar-refractivity contribution < 1.29 is 74.2 Å². The van der Waals surface area contributed by atoms with E-state index in [-0.39, 0.29) is 72.8 Å². The number of ether oxygens (including phenoxy) is 2. The summed E-state index contributed by atoms with van der Waals surface area (Å²) < 4.78 is 92.9. The molecule has 11 rings (SSSR count). The molecule has 9 heterocycles. The van der Waals surface area contributed by atoms with E-state index >= 15 is 0 Å². The van der Waals surface area contributed by atoms with E-state index in [1.807, 2.05) is 28.2 Å². The van der Waals surface area contributed by atoms with Gasteiger partial charge in [-0.2, -0.15) is 26.3 Å². The number of alkyl halides is 6. The van der Waals surface area contributed by atoms with E-state index in [0.717, 1.165) is 30.9 Å². The monoisotopic (exact) mass is 1150 g/mol. The zero-order valence-corrected chi connectivity index (χ0v) is 46.2. The fourth-order valence-electron chi connectivity index (χ4n) is 10.8. The van der Waals surface area contributed by atoms with Gasteiger partial charge >= 0.3 is 12.4 Å². The van der Waals surface area contributed by atoms with Gasteiger partial charge in [0.15, 0.2) is 28.7 Å². The van der Waals surface area contributed by atoms with Gasteiger partial charge in [0.1, 0.15) is 59.1 Å². The van der Waals surface area contributed by atoms with Crippen LogP contribution in [0.5, 0.6) is 0 Å². The molecule has 3 saturated heterocycles. The number of aliphatic hydroxyl groups is 2. The van der Waals surface area contributed by atoms with Gasteiger partial charge in [-0.25, -0.2) is 39.9 Å². The first-order valence-corrected chi connectivity index (χ1v) is 25.8. The number of rotatable bonds is 10. The van der Waals surface area contributed by atoms with Crippen molar-refractivity contribution in [3.05, 3.63) is 73.1 Å². The first-order chi connectivity index (χ1) is 36.6. The molecular weight excluding hydrogens is 1080 g/mol. The van der Waals surface area contributed by atoms with Crippen LogP contribution in [0.2, 0.25) is 0 Å². The second-order valence-electron chi connectivity index (χ2n) is 22.6. The van der Waals surface area contributed by atoms with Gasteiger partial charge in [-0.1, -0.05) is 27.7 Å². The summed E-state index contributed by atoms with van der Waals surface area (Å²) in [7, 11) is 0. The first-order valence-electron chi connectivity index (χ1n) is 25.8. The number of ketones is 2. The number of Topliss-reactive ketones (excluding diaryl/α,β-unsaturated/α-hetero) is 2. The number of aliphatic hydroxyl groups excluding tert-OH is 2. The van der Waals surface area contributed by atoms with Crippen molar-refractivity contribution in [2.45, 2.75) is 148 Å². The van der Waals surface area contributed by atoms with Crippen LogP contribution in [0, 0.1) is 17.3 Å². The number of hydrogen-bond donors (Lipinski definition) is 4. The van der Waals surface area contributed by atoms with Crippen molar-refractivity contribution >= 4 is 57.2 Å². The predicted octanol–water partition coefficient (Wildman–Crippen LogP) is 7.45. The van der Waals surface area contributed by atoms with E-state index in [4.69, 9.17) is 9.47 Å². The third-order valence-corrected chi connectivity index (χ3v) is 14.4. The third-order valence-electron chi connectivity index (χ3n) is 14.4. The molecule has 0 aromatic carbocycles. The maximum Gasteiger partial charge on any atom is 0.417 e. The fourth-order valence-corrected chi connectivity index (χ4v) is 10.8. The molecule has 6 aromatic heterocycles. The molecule has 0 bridgehead atoms. The summed E-state index contributed by atoms with van der Waals surface area (Å²) in [5.41, 5.74) is 1.11. The van der Waals surface area contributed by atoms with Crippen molar-refractivity contribution in [3.63, 3.8) is 0 Å². The molecule has 5 aliphatic rings. The van der Waals surface area contributed by atoms with Crippen LogP contribution in [-0.4, -0.2) is 139 Å². The predicted molar refractivity (Wildman–Crippen MR) is 274 cm³/mol. The minimum absolute atomic E-state index is 0. The molecule has 20 nitrogen and oxygen atoms in total. The molecule has 425 valence electrons. The summed E-state index contributed by atoms with van der Waals surface area (Å²) in [4.78, 5) is 62.5. The fraction of sp³-hybridized carbons (Fsp3) is 0.577. The van der Waals surface area contributed by atoms with Crippen molar-refractivity contribution in [2.24, 2.45) is 17.3 Å². The van der Waals surface area contributed by atoms with E-state index in [9.17, 15) is 46.1 Å². The summed E-state index contributed by atoms with van der Waals surface area (Å²) in [5, 5.41) is 27.5. The van der Waals surface area contributed by atoms with Gasteiger partial charge in [0, 0.05) is 81.0 Å². The van der Waals surface area contributed by atoms with Gasteiger partial charge < -0.3 is 49.3 Å². The van der Waals surface area contributed by atoms with E-state index in [1.54, 1.807) is 17.8 Å². The molecular formula is C52H64F6N14O6V. The van der Waals surface area contributed by atoms with Crippen LogP contribution in [0.15, 0.2) is 62.0 Å². The topological polar surface area (TPSA) is 237 Å². The molecule has 27 heteroatoms. The Morgan fingerprint density at radius 2 is 1.05 bits per heavy atom. The molecule has 2 saturated carbocycles. The second kappa shape index (κ2) is 22.8. The molecule has 0 unspecified atom stereocenters. The molecule has 1 radical (unpaired) electrons. The molecule has 5 fully saturated rings. The molecule has 10 atom stereocenters. The average Bonchev–Trinajstić information content (AvgIpc) is 4.35. The molecule has 3 aliphatic heterocycles. The number of aromatic nitrogens is 10. The van der Waals surface area contributed by atoms with E-state index in [0.29, 0.717) is 90.0 Å². The molecule has 0 amide bonds. The van der Waals surface area contributed by atoms with Gasteiger partial charge in [0.25, 0.3) is 0 Å². The maximum absolute atomic E-state index is 12.9. The quantitative estimate of drug-likeness (QED) is 0.0975. The Kier molecular flexibility index (Phi) is 17.1. The third kappa shape index (κ3) is 13.1. The van der Waals surface area contributed by atoms with E-state index < -0.39 is 53.4 Å². The van der Waals surface area contributed by atoms with Gasteiger partial charge in [-0.05, 0) is 83.1 Å². The summed E-state index contributed by atoms with van der Waals surface area (Å²) in [6, 6.07) is 4.05. The molecule has 4 N–H and O–H groups in total. The maximum atomic E-state index is 12.9.